The molecule has 3 heterocycles. The number of nitrogens with one attached hydrogen (secondary N) is 1. The minimum Gasteiger partial charge on any atom is -0.296 e. The van der Waals surface area contributed by atoms with Crippen molar-refractivity contribution in [2.45, 2.75) is 44.2 Å². The first-order chi connectivity index (χ1) is 15.1. The lowest BCUT2D eigenvalue weighted by Crippen LogP contribution is -2.57. The van der Waals surface area contributed by atoms with Gasteiger partial charge in [-0.3, -0.25) is 4.90 Å². The molecule has 0 unspecified atom stereocenters. The van der Waals surface area contributed by atoms with Crippen molar-refractivity contribution in [3.05, 3.63) is 34.3 Å². The average molecular weight is 505 g/mol. The normalized spacial score (nSPS) is 27.1. The number of benzene rings is 1. The number of sulfonamides is 1. The standard InChI is InChI=1S/C21H33ClN4O4S2/c1-24(2)32(29,30)23-10-5-13-31(27,28)26-11-4-6-16-15-25-12-9-17-18(7-3-8-19(17)22)21(25)14-20(16)26/h3,7-8,16,20-21,23H,4-6,9-15H2,1-2H3/t16-,20+,21-/m0/s1. The second kappa shape index (κ2) is 9.48. The molecule has 8 nitrogen and oxygen atoms in total. The smallest absolute Gasteiger partial charge is 0.278 e. The summed E-state index contributed by atoms with van der Waals surface area (Å²) in [4.78, 5) is 2.51. The molecular formula is C21H33ClN4O4S2. The molecule has 32 heavy (non-hydrogen) atoms. The van der Waals surface area contributed by atoms with E-state index in [0.717, 1.165) is 48.1 Å². The minimum atomic E-state index is -3.55. The van der Waals surface area contributed by atoms with E-state index in [1.165, 1.54) is 25.2 Å². The molecule has 3 aliphatic heterocycles. The third kappa shape index (κ3) is 4.87. The molecule has 0 aliphatic carbocycles. The van der Waals surface area contributed by atoms with E-state index in [0.29, 0.717) is 12.5 Å². The molecule has 3 aliphatic rings. The van der Waals surface area contributed by atoms with E-state index in [2.05, 4.69) is 15.7 Å². The van der Waals surface area contributed by atoms with E-state index < -0.39 is 20.2 Å². The van der Waals surface area contributed by atoms with Gasteiger partial charge in [0.2, 0.25) is 10.0 Å². The van der Waals surface area contributed by atoms with E-state index in [-0.39, 0.29) is 30.8 Å². The molecule has 1 aromatic rings. The van der Waals surface area contributed by atoms with Gasteiger partial charge in [-0.15, -0.1) is 0 Å². The van der Waals surface area contributed by atoms with Crippen LogP contribution in [-0.2, 0) is 26.7 Å². The molecule has 2 saturated heterocycles. The highest BCUT2D eigenvalue weighted by atomic mass is 35.5. The topological polar surface area (TPSA) is 90.0 Å². The van der Waals surface area contributed by atoms with E-state index >= 15 is 0 Å². The summed E-state index contributed by atoms with van der Waals surface area (Å²) in [5, 5.41) is 0.803. The Hall–Kier alpha value is -0.750. The van der Waals surface area contributed by atoms with Crippen molar-refractivity contribution >= 4 is 31.8 Å². The van der Waals surface area contributed by atoms with Crippen LogP contribution in [0, 0.1) is 5.92 Å². The summed E-state index contributed by atoms with van der Waals surface area (Å²) < 4.78 is 55.5. The Balaban J connectivity index is 1.46. The van der Waals surface area contributed by atoms with Crippen LogP contribution in [0.1, 0.15) is 42.9 Å². The SMILES string of the molecule is CN(C)S(=O)(=O)NCCCS(=O)(=O)N1CCC[C@H]2CN3CCc4c(Cl)cccc4[C@@H]3C[C@H]21. The Bertz CT molecular complexity index is 1050. The van der Waals surface area contributed by atoms with Crippen molar-refractivity contribution in [3.8, 4) is 0 Å². The molecule has 3 atom stereocenters. The molecular weight excluding hydrogens is 472 g/mol. The molecule has 0 bridgehead atoms. The summed E-state index contributed by atoms with van der Waals surface area (Å²) in [5.74, 6) is 0.283. The number of halogens is 1. The fourth-order valence-corrected chi connectivity index (χ4v) is 8.22. The predicted molar refractivity (Wildman–Crippen MR) is 126 cm³/mol. The molecule has 11 heteroatoms. The summed E-state index contributed by atoms with van der Waals surface area (Å²) in [5.41, 5.74) is 2.44. The molecule has 180 valence electrons. The van der Waals surface area contributed by atoms with Crippen LogP contribution >= 0.6 is 11.6 Å². The zero-order valence-electron chi connectivity index (χ0n) is 18.7. The van der Waals surface area contributed by atoms with E-state index in [1.807, 2.05) is 12.1 Å². The minimum absolute atomic E-state index is 0.0154. The maximum Gasteiger partial charge on any atom is 0.278 e. The second-order valence-electron chi connectivity index (χ2n) is 9.24. The van der Waals surface area contributed by atoms with Crippen molar-refractivity contribution < 1.29 is 16.8 Å². The van der Waals surface area contributed by atoms with Crippen molar-refractivity contribution in [2.75, 3.05) is 46.0 Å². The summed E-state index contributed by atoms with van der Waals surface area (Å²) in [7, 11) is -4.14. The molecule has 1 N–H and O–H groups in total. The van der Waals surface area contributed by atoms with Crippen LogP contribution in [0.4, 0.5) is 0 Å². The van der Waals surface area contributed by atoms with E-state index in [1.54, 1.807) is 4.31 Å². The fourth-order valence-electron chi connectivity index (χ4n) is 5.46. The van der Waals surface area contributed by atoms with Gasteiger partial charge in [-0.2, -0.15) is 17.0 Å². The highest BCUT2D eigenvalue weighted by molar-refractivity contribution is 7.89. The summed E-state index contributed by atoms with van der Waals surface area (Å²) >= 11 is 6.46. The van der Waals surface area contributed by atoms with Crippen molar-refractivity contribution in [3.63, 3.8) is 0 Å². The van der Waals surface area contributed by atoms with Crippen LogP contribution in [0.3, 0.4) is 0 Å². The van der Waals surface area contributed by atoms with Crippen LogP contribution in [0.2, 0.25) is 5.02 Å². The number of piperidine rings is 2. The second-order valence-corrected chi connectivity index (χ2v) is 13.7. The summed E-state index contributed by atoms with van der Waals surface area (Å²) in [6.07, 6.45) is 3.88. The van der Waals surface area contributed by atoms with Gasteiger partial charge in [0.05, 0.1) is 5.75 Å². The number of rotatable bonds is 7. The lowest BCUT2D eigenvalue weighted by Gasteiger charge is -2.51. The number of fused-ring (bicyclic) bond motifs is 4. The van der Waals surface area contributed by atoms with Crippen LogP contribution in [0.25, 0.3) is 0 Å². The first kappa shape index (κ1) is 24.4. The first-order valence-corrected chi connectivity index (χ1v) is 14.7. The highest BCUT2D eigenvalue weighted by Crippen LogP contribution is 2.44. The van der Waals surface area contributed by atoms with Crippen LogP contribution in [-0.4, -0.2) is 82.4 Å². The van der Waals surface area contributed by atoms with Gasteiger partial charge in [0, 0.05) is 57.4 Å². The lowest BCUT2D eigenvalue weighted by molar-refractivity contribution is 0.0220. The molecule has 0 saturated carbocycles. The Morgan fingerprint density at radius 2 is 1.97 bits per heavy atom. The maximum atomic E-state index is 13.3. The number of hydrogen-bond donors (Lipinski definition) is 1. The zero-order chi connectivity index (χ0) is 23.1. The number of nitrogens with zero attached hydrogens (tertiary/aromatic N) is 3. The maximum absolute atomic E-state index is 13.3. The van der Waals surface area contributed by atoms with Gasteiger partial charge in [0.25, 0.3) is 10.2 Å². The van der Waals surface area contributed by atoms with Crippen molar-refractivity contribution in [1.29, 1.82) is 0 Å². The van der Waals surface area contributed by atoms with Gasteiger partial charge in [-0.1, -0.05) is 23.7 Å². The van der Waals surface area contributed by atoms with Gasteiger partial charge in [-0.05, 0) is 55.2 Å². The Morgan fingerprint density at radius 3 is 2.72 bits per heavy atom. The zero-order valence-corrected chi connectivity index (χ0v) is 21.1. The highest BCUT2D eigenvalue weighted by Gasteiger charge is 2.45. The predicted octanol–water partition coefficient (Wildman–Crippen LogP) is 1.84. The largest absolute Gasteiger partial charge is 0.296 e. The molecule has 0 aromatic heterocycles. The van der Waals surface area contributed by atoms with Crippen molar-refractivity contribution in [2.24, 2.45) is 5.92 Å². The molecule has 0 radical (unpaired) electrons. The Kier molecular flexibility index (Phi) is 7.22. The lowest BCUT2D eigenvalue weighted by atomic mass is 9.77. The van der Waals surface area contributed by atoms with Gasteiger partial charge in [0.1, 0.15) is 0 Å². The van der Waals surface area contributed by atoms with Crippen LogP contribution in [0.5, 0.6) is 0 Å². The van der Waals surface area contributed by atoms with Gasteiger partial charge in [0.15, 0.2) is 0 Å². The average Bonchev–Trinajstić information content (AvgIpc) is 2.75. The van der Waals surface area contributed by atoms with Gasteiger partial charge in [-0.25, -0.2) is 13.1 Å². The van der Waals surface area contributed by atoms with Crippen molar-refractivity contribution in [1.82, 2.24) is 18.2 Å². The Labute approximate surface area is 197 Å². The van der Waals surface area contributed by atoms with Gasteiger partial charge < -0.3 is 0 Å². The van der Waals surface area contributed by atoms with E-state index in [9.17, 15) is 16.8 Å². The third-order valence-electron chi connectivity index (χ3n) is 7.11. The van der Waals surface area contributed by atoms with E-state index in [4.69, 9.17) is 11.6 Å². The first-order valence-electron chi connectivity index (χ1n) is 11.3. The summed E-state index contributed by atoms with van der Waals surface area (Å²) in [6.45, 7) is 2.52. The monoisotopic (exact) mass is 504 g/mol. The van der Waals surface area contributed by atoms with Crippen LogP contribution < -0.4 is 4.72 Å². The fraction of sp³-hybridized carbons (Fsp3) is 0.714. The van der Waals surface area contributed by atoms with Crippen LogP contribution in [0.15, 0.2) is 18.2 Å². The Morgan fingerprint density at radius 1 is 1.19 bits per heavy atom. The molecule has 1 aromatic carbocycles. The molecule has 4 rings (SSSR count). The quantitative estimate of drug-likeness (QED) is 0.572. The third-order valence-corrected chi connectivity index (χ3v) is 11.0. The van der Waals surface area contributed by atoms with Gasteiger partial charge >= 0.3 is 0 Å². The number of hydrogen-bond acceptors (Lipinski definition) is 5. The summed E-state index contributed by atoms with van der Waals surface area (Å²) in [6, 6.07) is 6.24. The molecule has 0 amide bonds. The molecule has 2 fully saturated rings. The molecule has 0 spiro atoms.